The Morgan fingerprint density at radius 3 is 2.23 bits per heavy atom. The highest BCUT2D eigenvalue weighted by atomic mass is 32.2. The zero-order valence-corrected chi connectivity index (χ0v) is 26.5. The zero-order chi connectivity index (χ0) is 31.0. The number of hydrogen-bond acceptors (Lipinski definition) is 7. The van der Waals surface area contributed by atoms with Gasteiger partial charge in [0.15, 0.2) is 0 Å². The lowest BCUT2D eigenvalue weighted by Crippen LogP contribution is -2.61. The summed E-state index contributed by atoms with van der Waals surface area (Å²) < 4.78 is 25.8. The van der Waals surface area contributed by atoms with Gasteiger partial charge in [-0.15, -0.1) is 11.3 Å². The first-order valence-corrected chi connectivity index (χ1v) is 17.0. The molecule has 4 aromatic rings. The van der Waals surface area contributed by atoms with Crippen molar-refractivity contribution < 1.29 is 18.0 Å². The summed E-state index contributed by atoms with van der Waals surface area (Å²) in [6.07, 6.45) is 1.66. The second-order valence-electron chi connectivity index (χ2n) is 10.8. The Balaban J connectivity index is 1.64. The molecule has 3 aromatic carbocycles. The maximum atomic E-state index is 13.7. The minimum atomic E-state index is -3.51. The average molecular weight is 619 g/mol. The number of amides is 2. The minimum absolute atomic E-state index is 0.227. The lowest BCUT2D eigenvalue weighted by Gasteiger charge is -2.42. The Morgan fingerprint density at radius 1 is 0.977 bits per heavy atom. The number of aromatic nitrogens is 1. The number of carbonyl (C=O) groups is 2. The number of carbonyl (C=O) groups excluding carboxylic acids is 2. The van der Waals surface area contributed by atoms with Gasteiger partial charge in [0.25, 0.3) is 11.8 Å². The van der Waals surface area contributed by atoms with Crippen LogP contribution in [-0.2, 0) is 28.5 Å². The Morgan fingerprint density at radius 2 is 1.63 bits per heavy atom. The molecule has 1 heterocycles. The normalized spacial score (nSPS) is 13.6. The molecule has 0 saturated carbocycles. The van der Waals surface area contributed by atoms with Crippen molar-refractivity contribution in [1.29, 1.82) is 0 Å². The van der Waals surface area contributed by atoms with Crippen molar-refractivity contribution in [2.45, 2.75) is 44.9 Å². The molecule has 0 aliphatic rings. The van der Waals surface area contributed by atoms with Gasteiger partial charge in [-0.2, -0.15) is 0 Å². The van der Waals surface area contributed by atoms with E-state index in [2.05, 4.69) is 15.6 Å². The third-order valence-corrected chi connectivity index (χ3v) is 9.23. The van der Waals surface area contributed by atoms with Crippen molar-refractivity contribution >= 4 is 33.0 Å². The van der Waals surface area contributed by atoms with Gasteiger partial charge in [-0.1, -0.05) is 73.7 Å². The van der Waals surface area contributed by atoms with Crippen LogP contribution >= 0.6 is 11.3 Å². The molecule has 8 nitrogen and oxygen atoms in total. The van der Waals surface area contributed by atoms with Gasteiger partial charge >= 0.3 is 0 Å². The zero-order valence-electron chi connectivity index (χ0n) is 24.9. The maximum Gasteiger partial charge on any atom is 0.253 e. The predicted molar refractivity (Wildman–Crippen MR) is 172 cm³/mol. The fourth-order valence-corrected chi connectivity index (χ4v) is 7.37. The first-order chi connectivity index (χ1) is 20.5. The molecule has 0 aliphatic heterocycles. The molecule has 0 saturated heterocycles. The van der Waals surface area contributed by atoms with Gasteiger partial charge in [-0.25, -0.2) is 13.4 Å². The van der Waals surface area contributed by atoms with Crippen LogP contribution in [0.2, 0.25) is 0 Å². The van der Waals surface area contributed by atoms with Crippen LogP contribution in [0, 0.1) is 6.92 Å². The van der Waals surface area contributed by atoms with Crippen LogP contribution in [0.25, 0.3) is 0 Å². The van der Waals surface area contributed by atoms with E-state index in [-0.39, 0.29) is 11.7 Å². The molecule has 43 heavy (non-hydrogen) atoms. The third kappa shape index (κ3) is 8.37. The molecule has 0 aliphatic carbocycles. The second-order valence-corrected chi connectivity index (χ2v) is 13.9. The molecule has 0 spiro atoms. The van der Waals surface area contributed by atoms with Crippen LogP contribution < -0.4 is 10.6 Å². The van der Waals surface area contributed by atoms with Gasteiger partial charge in [0.1, 0.15) is 14.8 Å². The number of hydrogen-bond donors (Lipinski definition) is 2. The van der Waals surface area contributed by atoms with E-state index in [1.54, 1.807) is 36.2 Å². The highest BCUT2D eigenvalue weighted by Gasteiger charge is 2.43. The molecule has 2 atom stereocenters. The highest BCUT2D eigenvalue weighted by molar-refractivity contribution is 7.90. The summed E-state index contributed by atoms with van der Waals surface area (Å²) in [5, 5.41) is 9.43. The van der Waals surface area contributed by atoms with Crippen LogP contribution in [0.5, 0.6) is 0 Å². The molecule has 4 rings (SSSR count). The number of nitrogens with zero attached hydrogens (tertiary/aromatic N) is 2. The van der Waals surface area contributed by atoms with E-state index in [1.165, 1.54) is 17.6 Å². The molecular formula is C33H38N4O4S2. The summed E-state index contributed by atoms with van der Waals surface area (Å²) in [5.74, 6) is -0.848. The van der Waals surface area contributed by atoms with Gasteiger partial charge in [0.2, 0.25) is 0 Å². The van der Waals surface area contributed by atoms with Crippen molar-refractivity contribution in [3.63, 3.8) is 0 Å². The van der Waals surface area contributed by atoms with Gasteiger partial charge in [-0.3, -0.25) is 9.59 Å². The number of sulfone groups is 1. The molecule has 0 fully saturated rings. The van der Waals surface area contributed by atoms with E-state index in [4.69, 9.17) is 0 Å². The van der Waals surface area contributed by atoms with Crippen molar-refractivity contribution in [2.75, 3.05) is 19.1 Å². The lowest BCUT2D eigenvalue weighted by atomic mass is 9.82. The van der Waals surface area contributed by atoms with Gasteiger partial charge in [-0.05, 0) is 42.7 Å². The van der Waals surface area contributed by atoms with Crippen molar-refractivity contribution in [3.05, 3.63) is 123 Å². The van der Waals surface area contributed by atoms with Gasteiger partial charge in [0.05, 0.1) is 23.9 Å². The molecule has 2 N–H and O–H groups in total. The quantitative estimate of drug-likeness (QED) is 0.219. The Kier molecular flexibility index (Phi) is 10.5. The van der Waals surface area contributed by atoms with Crippen LogP contribution in [0.15, 0.2) is 90.3 Å². The molecule has 2 amide bonds. The molecule has 226 valence electrons. The van der Waals surface area contributed by atoms with Gasteiger partial charge < -0.3 is 15.5 Å². The van der Waals surface area contributed by atoms with Crippen LogP contribution in [0.3, 0.4) is 0 Å². The number of nitrogens with one attached hydrogen (secondary N) is 2. The molecule has 0 radical (unpaired) electrons. The van der Waals surface area contributed by atoms with E-state index in [1.807, 2.05) is 79.9 Å². The Bertz CT molecular complexity index is 1640. The summed E-state index contributed by atoms with van der Waals surface area (Å²) >= 11 is 1.50. The number of thiazole rings is 1. The monoisotopic (exact) mass is 618 g/mol. The Labute approximate surface area is 258 Å². The third-order valence-electron chi connectivity index (χ3n) is 7.30. The SMILES string of the molecule is CCC(NC(=O)c1cccc(C(=O)N(C)Cc2nc(C)cs2)c1)C(CS(C)(=O)=O)(NCc1ccccc1)c1ccccc1. The molecule has 10 heteroatoms. The number of rotatable bonds is 13. The van der Waals surface area contributed by atoms with Crippen molar-refractivity contribution in [2.24, 2.45) is 0 Å². The minimum Gasteiger partial charge on any atom is -0.347 e. The van der Waals surface area contributed by atoms with E-state index in [0.29, 0.717) is 30.6 Å². The summed E-state index contributed by atoms with van der Waals surface area (Å²) in [6.45, 7) is 4.59. The van der Waals surface area contributed by atoms with Crippen LogP contribution in [0.4, 0.5) is 0 Å². The average Bonchev–Trinajstić information content (AvgIpc) is 3.42. The number of benzene rings is 3. The topological polar surface area (TPSA) is 108 Å². The Hall–Kier alpha value is -3.86. The van der Waals surface area contributed by atoms with E-state index < -0.39 is 27.3 Å². The molecule has 0 bridgehead atoms. The molecule has 2 unspecified atom stereocenters. The highest BCUT2D eigenvalue weighted by Crippen LogP contribution is 2.30. The molecular weight excluding hydrogens is 581 g/mol. The van der Waals surface area contributed by atoms with Gasteiger partial charge in [0, 0.05) is 42.0 Å². The van der Waals surface area contributed by atoms with E-state index in [0.717, 1.165) is 21.8 Å². The first kappa shape index (κ1) is 32.1. The summed E-state index contributed by atoms with van der Waals surface area (Å²) in [5.41, 5.74) is 2.21. The van der Waals surface area contributed by atoms with Crippen LogP contribution in [-0.4, -0.2) is 55.2 Å². The predicted octanol–water partition coefficient (Wildman–Crippen LogP) is 4.96. The smallest absolute Gasteiger partial charge is 0.253 e. The van der Waals surface area contributed by atoms with Crippen LogP contribution in [0.1, 0.15) is 55.9 Å². The molecule has 1 aromatic heterocycles. The summed E-state index contributed by atoms with van der Waals surface area (Å²) in [6, 6.07) is 25.1. The summed E-state index contributed by atoms with van der Waals surface area (Å²) in [4.78, 5) is 33.0. The fraction of sp³-hybridized carbons (Fsp3) is 0.303. The van der Waals surface area contributed by atoms with E-state index in [9.17, 15) is 18.0 Å². The summed E-state index contributed by atoms with van der Waals surface area (Å²) in [7, 11) is -1.80. The standard InChI is InChI=1S/C33H38N4O4S2/c1-5-29(33(23-43(4,40)41,28-17-10-7-11-18-28)34-20-25-13-8-6-9-14-25)36-31(38)26-15-12-16-27(19-26)32(39)37(3)21-30-35-24(2)22-42-30/h6-19,22,29,34H,5,20-21,23H2,1-4H3,(H,36,38). The fourth-order valence-electron chi connectivity index (χ4n) is 5.25. The van der Waals surface area contributed by atoms with E-state index >= 15 is 0 Å². The lowest BCUT2D eigenvalue weighted by molar-refractivity contribution is 0.0785. The number of aryl methyl sites for hydroxylation is 1. The second kappa shape index (κ2) is 14.1. The van der Waals surface area contributed by atoms with Crippen molar-refractivity contribution in [3.8, 4) is 0 Å². The first-order valence-electron chi connectivity index (χ1n) is 14.1. The maximum absolute atomic E-state index is 13.7. The largest absolute Gasteiger partial charge is 0.347 e. The van der Waals surface area contributed by atoms with Crippen molar-refractivity contribution in [1.82, 2.24) is 20.5 Å².